The molecule has 1 unspecified atom stereocenters. The highest BCUT2D eigenvalue weighted by atomic mass is 35.7. The van der Waals surface area contributed by atoms with Crippen LogP contribution in [-0.2, 0) is 13.8 Å². The summed E-state index contributed by atoms with van der Waals surface area (Å²) in [5.41, 5.74) is 0. The molecule has 1 atom stereocenters. The lowest BCUT2D eigenvalue weighted by Gasteiger charge is -2.23. The zero-order chi connectivity index (χ0) is 11.0. The van der Waals surface area contributed by atoms with Crippen molar-refractivity contribution < 1.29 is 13.2 Å². The Kier molecular flexibility index (Phi) is 3.49. The van der Waals surface area contributed by atoms with E-state index in [1.165, 1.54) is 0 Å². The summed E-state index contributed by atoms with van der Waals surface area (Å²) in [6.45, 7) is 4.04. The quantitative estimate of drug-likeness (QED) is 0.692. The van der Waals surface area contributed by atoms with Crippen LogP contribution >= 0.6 is 10.7 Å². The molecular weight excluding hydrogens is 224 g/mol. The number of hydrogen-bond acceptors (Lipinski definition) is 3. The van der Waals surface area contributed by atoms with Crippen LogP contribution in [0.3, 0.4) is 0 Å². The first-order valence-corrected chi connectivity index (χ1v) is 7.10. The fraction of sp³-hybridized carbons (Fsp3) is 1.00. The second-order valence-electron chi connectivity index (χ2n) is 4.34. The van der Waals surface area contributed by atoms with Crippen LogP contribution in [0.25, 0.3) is 0 Å². The molecule has 0 spiro atoms. The zero-order valence-corrected chi connectivity index (χ0v) is 10.4. The van der Waals surface area contributed by atoms with E-state index in [2.05, 4.69) is 0 Å². The van der Waals surface area contributed by atoms with Crippen molar-refractivity contribution in [2.24, 2.45) is 5.92 Å². The molecule has 0 heterocycles. The lowest BCUT2D eigenvalue weighted by atomic mass is 10.0. The Bertz CT molecular complexity index is 293. The van der Waals surface area contributed by atoms with Crippen LogP contribution in [-0.4, -0.2) is 26.4 Å². The summed E-state index contributed by atoms with van der Waals surface area (Å²) in [5, 5.41) is 0. The van der Waals surface area contributed by atoms with E-state index in [0.717, 1.165) is 0 Å². The van der Waals surface area contributed by atoms with Crippen molar-refractivity contribution >= 4 is 19.7 Å². The van der Waals surface area contributed by atoms with E-state index >= 15 is 0 Å². The number of ether oxygens (including phenoxy) is 1. The van der Waals surface area contributed by atoms with Crippen LogP contribution in [0.15, 0.2) is 0 Å². The van der Waals surface area contributed by atoms with Gasteiger partial charge in [-0.05, 0) is 25.2 Å². The van der Waals surface area contributed by atoms with Gasteiger partial charge in [-0.3, -0.25) is 0 Å². The second kappa shape index (κ2) is 3.99. The molecule has 0 N–H and O–H groups in total. The zero-order valence-electron chi connectivity index (χ0n) is 8.79. The van der Waals surface area contributed by atoms with Crippen molar-refractivity contribution in [2.45, 2.75) is 44.0 Å². The van der Waals surface area contributed by atoms with Gasteiger partial charge in [-0.2, -0.15) is 0 Å². The summed E-state index contributed by atoms with van der Waals surface area (Å²) in [5.74, 6) is 0.316. The Morgan fingerprint density at radius 3 is 2.14 bits per heavy atom. The number of halogens is 1. The van der Waals surface area contributed by atoms with Gasteiger partial charge in [0.1, 0.15) is 0 Å². The highest BCUT2D eigenvalue weighted by molar-refractivity contribution is 8.15. The Balaban J connectivity index is 2.68. The molecule has 84 valence electrons. The van der Waals surface area contributed by atoms with Gasteiger partial charge < -0.3 is 4.74 Å². The predicted octanol–water partition coefficient (Wildman–Crippen LogP) is 2.15. The van der Waals surface area contributed by atoms with Gasteiger partial charge in [-0.15, -0.1) is 0 Å². The molecule has 1 aliphatic rings. The lowest BCUT2D eigenvalue weighted by Crippen LogP contribution is -2.29. The molecule has 0 aliphatic heterocycles. The number of hydrogen-bond donors (Lipinski definition) is 0. The van der Waals surface area contributed by atoms with E-state index in [-0.39, 0.29) is 6.10 Å². The molecular formula is C9H17ClO3S. The minimum atomic E-state index is -3.44. The maximum atomic E-state index is 11.3. The topological polar surface area (TPSA) is 43.4 Å². The van der Waals surface area contributed by atoms with Crippen LogP contribution in [0, 0.1) is 5.92 Å². The van der Waals surface area contributed by atoms with Crippen LogP contribution in [0.4, 0.5) is 0 Å². The van der Waals surface area contributed by atoms with Crippen LogP contribution in [0.2, 0.25) is 0 Å². The number of rotatable bonds is 5. The largest absolute Gasteiger partial charge is 0.381 e. The molecule has 1 rings (SSSR count). The van der Waals surface area contributed by atoms with Crippen molar-refractivity contribution in [3.05, 3.63) is 0 Å². The van der Waals surface area contributed by atoms with Gasteiger partial charge in [0.05, 0.1) is 10.9 Å². The molecule has 0 saturated heterocycles. The molecule has 0 amide bonds. The molecule has 1 aliphatic carbocycles. The van der Waals surface area contributed by atoms with E-state index in [1.807, 2.05) is 13.8 Å². The van der Waals surface area contributed by atoms with Crippen molar-refractivity contribution in [1.82, 2.24) is 0 Å². The molecule has 14 heavy (non-hydrogen) atoms. The Hall–Kier alpha value is 0.200. The standard InChI is InChI=1S/C9H17ClO3S/c1-7(2)8(13-3)6-9(4-5-9)14(10,11)12/h7-8H,4-6H2,1-3H3. The first-order chi connectivity index (χ1) is 6.32. The summed E-state index contributed by atoms with van der Waals surface area (Å²) in [6, 6.07) is 0. The van der Waals surface area contributed by atoms with E-state index in [0.29, 0.717) is 25.2 Å². The summed E-state index contributed by atoms with van der Waals surface area (Å²) in [4.78, 5) is 0. The van der Waals surface area contributed by atoms with E-state index in [1.54, 1.807) is 7.11 Å². The van der Waals surface area contributed by atoms with E-state index in [9.17, 15) is 8.42 Å². The van der Waals surface area contributed by atoms with Crippen molar-refractivity contribution in [3.63, 3.8) is 0 Å². The molecule has 0 aromatic carbocycles. The Labute approximate surface area is 90.2 Å². The second-order valence-corrected chi connectivity index (χ2v) is 7.30. The highest BCUT2D eigenvalue weighted by Gasteiger charge is 2.55. The predicted molar refractivity (Wildman–Crippen MR) is 57.0 cm³/mol. The first-order valence-electron chi connectivity index (χ1n) is 4.79. The van der Waals surface area contributed by atoms with Crippen molar-refractivity contribution in [3.8, 4) is 0 Å². The molecule has 5 heteroatoms. The third-order valence-corrected chi connectivity index (χ3v) is 5.54. The third-order valence-electron chi connectivity index (χ3n) is 2.94. The number of methoxy groups -OCH3 is 1. The van der Waals surface area contributed by atoms with Gasteiger partial charge >= 0.3 is 0 Å². The fourth-order valence-corrected chi connectivity index (χ4v) is 3.25. The summed E-state index contributed by atoms with van der Waals surface area (Å²) < 4.78 is 27.2. The first kappa shape index (κ1) is 12.3. The molecule has 0 aromatic rings. The maximum Gasteiger partial charge on any atom is 0.238 e. The van der Waals surface area contributed by atoms with Crippen LogP contribution in [0.1, 0.15) is 33.1 Å². The van der Waals surface area contributed by atoms with Crippen molar-refractivity contribution in [2.75, 3.05) is 7.11 Å². The summed E-state index contributed by atoms with van der Waals surface area (Å²) in [6.07, 6.45) is 1.84. The maximum absolute atomic E-state index is 11.3. The third kappa shape index (κ3) is 2.41. The normalized spacial score (nSPS) is 22.4. The van der Waals surface area contributed by atoms with Crippen molar-refractivity contribution in [1.29, 1.82) is 0 Å². The molecule has 1 fully saturated rings. The van der Waals surface area contributed by atoms with Crippen LogP contribution < -0.4 is 0 Å². The van der Waals surface area contributed by atoms with Gasteiger partial charge in [-0.25, -0.2) is 8.42 Å². The van der Waals surface area contributed by atoms with Crippen LogP contribution in [0.5, 0.6) is 0 Å². The summed E-state index contributed by atoms with van der Waals surface area (Å²) >= 11 is 0. The minimum Gasteiger partial charge on any atom is -0.381 e. The van der Waals surface area contributed by atoms with Gasteiger partial charge in [0.25, 0.3) is 0 Å². The smallest absolute Gasteiger partial charge is 0.238 e. The van der Waals surface area contributed by atoms with E-state index in [4.69, 9.17) is 15.4 Å². The molecule has 1 saturated carbocycles. The Morgan fingerprint density at radius 2 is 1.93 bits per heavy atom. The fourth-order valence-electron chi connectivity index (χ4n) is 1.64. The molecule has 0 radical (unpaired) electrons. The lowest BCUT2D eigenvalue weighted by molar-refractivity contribution is 0.0558. The average Bonchev–Trinajstić information content (AvgIpc) is 2.78. The van der Waals surface area contributed by atoms with Gasteiger partial charge in [0.2, 0.25) is 9.05 Å². The highest BCUT2D eigenvalue weighted by Crippen LogP contribution is 2.50. The average molecular weight is 241 g/mol. The van der Waals surface area contributed by atoms with Gasteiger partial charge in [0, 0.05) is 17.8 Å². The van der Waals surface area contributed by atoms with E-state index < -0.39 is 13.8 Å². The molecule has 0 aromatic heterocycles. The summed E-state index contributed by atoms with van der Waals surface area (Å²) in [7, 11) is 3.58. The van der Waals surface area contributed by atoms with Gasteiger partial charge in [-0.1, -0.05) is 13.8 Å². The molecule has 0 bridgehead atoms. The Morgan fingerprint density at radius 1 is 1.43 bits per heavy atom. The van der Waals surface area contributed by atoms with Gasteiger partial charge in [0.15, 0.2) is 0 Å². The molecule has 3 nitrogen and oxygen atoms in total. The SMILES string of the molecule is COC(CC1(S(=O)(=O)Cl)CC1)C(C)C. The monoisotopic (exact) mass is 240 g/mol. The minimum absolute atomic E-state index is 0.0222.